The summed E-state index contributed by atoms with van der Waals surface area (Å²) < 4.78 is 5.76. The molecule has 1 aliphatic heterocycles. The third kappa shape index (κ3) is 4.15. The fraction of sp³-hybridized carbons (Fsp3) is 0.818. The lowest BCUT2D eigenvalue weighted by Gasteiger charge is -2.33. The number of nitrogens with two attached hydrogens (primary N) is 1. The number of anilines is 1. The number of rotatable bonds is 5. The molecule has 0 amide bonds. The minimum Gasteiger partial charge on any atom is -0.375 e. The average Bonchev–Trinajstić information content (AvgIpc) is 2.72. The van der Waals surface area contributed by atoms with E-state index in [0.717, 1.165) is 32.0 Å². The molecule has 2 rings (SSSR count). The van der Waals surface area contributed by atoms with Crippen LogP contribution < -0.4 is 5.73 Å². The zero-order valence-electron chi connectivity index (χ0n) is 10.9. The average molecular weight is 271 g/mol. The van der Waals surface area contributed by atoms with Gasteiger partial charge in [0.2, 0.25) is 11.1 Å². The second kappa shape index (κ2) is 6.40. The smallest absolute Gasteiger partial charge is 0.216 e. The van der Waals surface area contributed by atoms with Crippen LogP contribution >= 0.6 is 11.8 Å². The second-order valence-corrected chi connectivity index (χ2v) is 5.95. The van der Waals surface area contributed by atoms with E-state index in [-0.39, 0.29) is 6.10 Å². The standard InChI is InChI=1S/C11H21N5OS/c1-8(2)5-16-3-4-17-9(6-16)7-18-11-13-10(12)14-15-11/h8-9H,3-7H2,1-2H3,(H3,12,13,14,15). The SMILES string of the molecule is CC(C)CN1CCOC(CSc2n[nH]c(N)n2)C1. The summed E-state index contributed by atoms with van der Waals surface area (Å²) in [5.74, 6) is 1.93. The van der Waals surface area contributed by atoms with E-state index in [1.165, 1.54) is 0 Å². The quantitative estimate of drug-likeness (QED) is 0.772. The fourth-order valence-corrected chi connectivity index (χ4v) is 2.86. The number of morpholine rings is 1. The predicted octanol–water partition coefficient (Wildman–Crippen LogP) is 0.836. The Labute approximate surface area is 112 Å². The summed E-state index contributed by atoms with van der Waals surface area (Å²) >= 11 is 1.58. The molecule has 6 nitrogen and oxygen atoms in total. The van der Waals surface area contributed by atoms with E-state index in [0.29, 0.717) is 17.0 Å². The lowest BCUT2D eigenvalue weighted by atomic mass is 10.2. The molecule has 1 fully saturated rings. The Morgan fingerprint density at radius 2 is 2.44 bits per heavy atom. The molecule has 7 heteroatoms. The van der Waals surface area contributed by atoms with Crippen molar-refractivity contribution in [3.63, 3.8) is 0 Å². The summed E-state index contributed by atoms with van der Waals surface area (Å²) in [6.45, 7) is 8.47. The van der Waals surface area contributed by atoms with Gasteiger partial charge in [0.25, 0.3) is 0 Å². The molecule has 1 aromatic rings. The number of thioether (sulfide) groups is 1. The Morgan fingerprint density at radius 1 is 1.61 bits per heavy atom. The van der Waals surface area contributed by atoms with Crippen LogP contribution in [0.1, 0.15) is 13.8 Å². The molecule has 102 valence electrons. The third-order valence-corrected chi connectivity index (χ3v) is 3.71. The van der Waals surface area contributed by atoms with Crippen molar-refractivity contribution >= 4 is 17.7 Å². The summed E-state index contributed by atoms with van der Waals surface area (Å²) in [6, 6.07) is 0. The van der Waals surface area contributed by atoms with Gasteiger partial charge in [-0.2, -0.15) is 4.98 Å². The van der Waals surface area contributed by atoms with E-state index in [2.05, 4.69) is 33.9 Å². The Balaban J connectivity index is 1.75. The zero-order valence-corrected chi connectivity index (χ0v) is 11.7. The summed E-state index contributed by atoms with van der Waals surface area (Å²) in [6.07, 6.45) is 0.252. The number of hydrogen-bond donors (Lipinski definition) is 2. The summed E-state index contributed by atoms with van der Waals surface area (Å²) in [7, 11) is 0. The van der Waals surface area contributed by atoms with Crippen LogP contribution in [0.3, 0.4) is 0 Å². The van der Waals surface area contributed by atoms with Crippen LogP contribution in [0.15, 0.2) is 5.16 Å². The van der Waals surface area contributed by atoms with Gasteiger partial charge < -0.3 is 10.5 Å². The first-order chi connectivity index (χ1) is 8.63. The number of nitrogens with zero attached hydrogens (tertiary/aromatic N) is 3. The highest BCUT2D eigenvalue weighted by atomic mass is 32.2. The molecule has 1 aliphatic rings. The van der Waals surface area contributed by atoms with Crippen molar-refractivity contribution in [1.82, 2.24) is 20.1 Å². The number of aromatic amines is 1. The van der Waals surface area contributed by atoms with E-state index in [9.17, 15) is 0 Å². The minimum absolute atomic E-state index is 0.252. The van der Waals surface area contributed by atoms with Gasteiger partial charge >= 0.3 is 0 Å². The Kier molecular flexibility index (Phi) is 4.85. The van der Waals surface area contributed by atoms with Gasteiger partial charge in [0, 0.05) is 25.4 Å². The van der Waals surface area contributed by atoms with Crippen LogP contribution in [0, 0.1) is 5.92 Å². The van der Waals surface area contributed by atoms with E-state index in [4.69, 9.17) is 10.5 Å². The third-order valence-electron chi connectivity index (χ3n) is 2.73. The van der Waals surface area contributed by atoms with E-state index < -0.39 is 0 Å². The number of H-pyrrole nitrogens is 1. The molecule has 2 heterocycles. The number of nitrogen functional groups attached to an aromatic ring is 1. The van der Waals surface area contributed by atoms with Crippen LogP contribution in [0.5, 0.6) is 0 Å². The van der Waals surface area contributed by atoms with E-state index >= 15 is 0 Å². The molecule has 1 unspecified atom stereocenters. The van der Waals surface area contributed by atoms with Crippen LogP contribution in [-0.2, 0) is 4.74 Å². The van der Waals surface area contributed by atoms with Gasteiger partial charge in [-0.1, -0.05) is 25.6 Å². The molecule has 0 aliphatic carbocycles. The number of aromatic nitrogens is 3. The fourth-order valence-electron chi connectivity index (χ4n) is 2.05. The molecule has 1 aromatic heterocycles. The highest BCUT2D eigenvalue weighted by molar-refractivity contribution is 7.99. The van der Waals surface area contributed by atoms with Gasteiger partial charge in [-0.05, 0) is 5.92 Å². The Bertz CT molecular complexity index is 370. The maximum Gasteiger partial charge on any atom is 0.216 e. The van der Waals surface area contributed by atoms with Crippen molar-refractivity contribution in [2.75, 3.05) is 37.7 Å². The second-order valence-electron chi connectivity index (χ2n) is 4.96. The molecule has 0 spiro atoms. The van der Waals surface area contributed by atoms with Crippen molar-refractivity contribution in [1.29, 1.82) is 0 Å². The highest BCUT2D eigenvalue weighted by Gasteiger charge is 2.21. The molecular formula is C11H21N5OS. The summed E-state index contributed by atoms with van der Waals surface area (Å²) in [5, 5.41) is 7.33. The number of hydrogen-bond acceptors (Lipinski definition) is 6. The maximum atomic E-state index is 5.76. The first kappa shape index (κ1) is 13.6. The molecule has 18 heavy (non-hydrogen) atoms. The molecule has 1 saturated heterocycles. The van der Waals surface area contributed by atoms with Crippen molar-refractivity contribution in [3.05, 3.63) is 0 Å². The number of ether oxygens (including phenoxy) is 1. The maximum absolute atomic E-state index is 5.76. The van der Waals surface area contributed by atoms with Crippen molar-refractivity contribution in [2.45, 2.75) is 25.1 Å². The lowest BCUT2D eigenvalue weighted by Crippen LogP contribution is -2.44. The van der Waals surface area contributed by atoms with E-state index in [1.807, 2.05) is 0 Å². The molecule has 0 bridgehead atoms. The summed E-state index contributed by atoms with van der Waals surface area (Å²) in [5.41, 5.74) is 5.48. The van der Waals surface area contributed by atoms with Crippen molar-refractivity contribution < 1.29 is 4.74 Å². The normalized spacial score (nSPS) is 21.6. The van der Waals surface area contributed by atoms with Gasteiger partial charge in [0.05, 0.1) is 12.7 Å². The highest BCUT2D eigenvalue weighted by Crippen LogP contribution is 2.18. The molecule has 0 saturated carbocycles. The van der Waals surface area contributed by atoms with Crippen LogP contribution in [0.4, 0.5) is 5.95 Å². The monoisotopic (exact) mass is 271 g/mol. The molecular weight excluding hydrogens is 250 g/mol. The largest absolute Gasteiger partial charge is 0.375 e. The predicted molar refractivity (Wildman–Crippen MR) is 72.5 cm³/mol. The van der Waals surface area contributed by atoms with Crippen LogP contribution in [0.2, 0.25) is 0 Å². The summed E-state index contributed by atoms with van der Waals surface area (Å²) in [4.78, 5) is 6.53. The number of nitrogens with one attached hydrogen (secondary N) is 1. The molecule has 3 N–H and O–H groups in total. The first-order valence-electron chi connectivity index (χ1n) is 6.28. The Hall–Kier alpha value is -0.790. The molecule has 0 aromatic carbocycles. The van der Waals surface area contributed by atoms with Gasteiger partial charge in [-0.15, -0.1) is 5.10 Å². The molecule has 0 radical (unpaired) electrons. The van der Waals surface area contributed by atoms with Crippen molar-refractivity contribution in [2.24, 2.45) is 5.92 Å². The van der Waals surface area contributed by atoms with Crippen molar-refractivity contribution in [3.8, 4) is 0 Å². The zero-order chi connectivity index (χ0) is 13.0. The Morgan fingerprint density at radius 3 is 3.11 bits per heavy atom. The topological polar surface area (TPSA) is 80.1 Å². The molecule has 1 atom stereocenters. The first-order valence-corrected chi connectivity index (χ1v) is 7.26. The van der Waals surface area contributed by atoms with Crippen LogP contribution in [0.25, 0.3) is 0 Å². The van der Waals surface area contributed by atoms with Gasteiger partial charge in [-0.25, -0.2) is 5.10 Å². The van der Waals surface area contributed by atoms with Gasteiger partial charge in [0.1, 0.15) is 0 Å². The van der Waals surface area contributed by atoms with Gasteiger partial charge in [-0.3, -0.25) is 4.90 Å². The van der Waals surface area contributed by atoms with Gasteiger partial charge in [0.15, 0.2) is 0 Å². The van der Waals surface area contributed by atoms with E-state index in [1.54, 1.807) is 11.8 Å². The lowest BCUT2D eigenvalue weighted by molar-refractivity contribution is -0.0191. The minimum atomic E-state index is 0.252. The van der Waals surface area contributed by atoms with Crippen LogP contribution in [-0.4, -0.2) is 58.2 Å².